The quantitative estimate of drug-likeness (QED) is 0.790. The molecule has 0 aromatic rings. The van der Waals surface area contributed by atoms with Gasteiger partial charge < -0.3 is 10.1 Å². The van der Waals surface area contributed by atoms with E-state index >= 15 is 0 Å². The van der Waals surface area contributed by atoms with Crippen molar-refractivity contribution in [2.45, 2.75) is 44.1 Å². The first-order valence-corrected chi connectivity index (χ1v) is 7.23. The van der Waals surface area contributed by atoms with Crippen molar-refractivity contribution in [1.29, 1.82) is 0 Å². The van der Waals surface area contributed by atoms with Crippen molar-refractivity contribution >= 4 is 17.7 Å². The molecule has 4 saturated carbocycles. The van der Waals surface area contributed by atoms with E-state index in [1.807, 2.05) is 0 Å². The average molecular weight is 258 g/mol. The van der Waals surface area contributed by atoms with E-state index in [0.29, 0.717) is 12.5 Å². The van der Waals surface area contributed by atoms with Gasteiger partial charge in [0, 0.05) is 5.54 Å². The van der Waals surface area contributed by atoms with Crippen molar-refractivity contribution in [2.24, 2.45) is 17.8 Å². The average Bonchev–Trinajstić information content (AvgIpc) is 2.23. The second-order valence-corrected chi connectivity index (χ2v) is 6.53. The van der Waals surface area contributed by atoms with Crippen LogP contribution in [0.4, 0.5) is 4.79 Å². The number of rotatable bonds is 3. The van der Waals surface area contributed by atoms with Crippen LogP contribution in [-0.2, 0) is 4.74 Å². The standard InChI is InChI=1S/C13H20ClNO2/c14-1-2-17-12(16)15-13-6-9-3-10(7-13)5-11(4-9)8-13/h9-11H,1-8H2,(H,15,16). The van der Waals surface area contributed by atoms with Crippen LogP contribution in [0, 0.1) is 17.8 Å². The zero-order chi connectivity index (χ0) is 11.9. The summed E-state index contributed by atoms with van der Waals surface area (Å²) in [6.07, 6.45) is 7.37. The fourth-order valence-electron chi connectivity index (χ4n) is 4.65. The molecule has 0 atom stereocenters. The second-order valence-electron chi connectivity index (χ2n) is 6.15. The first-order chi connectivity index (χ1) is 8.19. The molecular weight excluding hydrogens is 238 g/mol. The molecule has 0 heterocycles. The zero-order valence-corrected chi connectivity index (χ0v) is 10.8. The summed E-state index contributed by atoms with van der Waals surface area (Å²) in [4.78, 5) is 11.7. The van der Waals surface area contributed by atoms with E-state index < -0.39 is 0 Å². The molecule has 0 saturated heterocycles. The summed E-state index contributed by atoms with van der Waals surface area (Å²) < 4.78 is 5.05. The lowest BCUT2D eigenvalue weighted by Gasteiger charge is -2.56. The third-order valence-electron chi connectivity index (χ3n) is 4.72. The molecule has 0 spiro atoms. The Morgan fingerprint density at radius 1 is 1.18 bits per heavy atom. The van der Waals surface area contributed by atoms with Gasteiger partial charge in [0.2, 0.25) is 0 Å². The van der Waals surface area contributed by atoms with Crippen LogP contribution in [0.25, 0.3) is 0 Å². The Labute approximate surface area is 107 Å². The maximum atomic E-state index is 11.7. The topological polar surface area (TPSA) is 38.3 Å². The van der Waals surface area contributed by atoms with Gasteiger partial charge in [0.1, 0.15) is 6.61 Å². The second kappa shape index (κ2) is 4.34. The molecule has 96 valence electrons. The summed E-state index contributed by atoms with van der Waals surface area (Å²) in [5.74, 6) is 2.90. The molecular formula is C13H20ClNO2. The SMILES string of the molecule is O=C(NC12CC3CC(CC(C3)C1)C2)OCCCl. The molecule has 0 aromatic heterocycles. The van der Waals surface area contributed by atoms with Gasteiger partial charge in [-0.05, 0) is 56.3 Å². The Kier molecular flexibility index (Phi) is 2.97. The summed E-state index contributed by atoms with van der Waals surface area (Å²) in [7, 11) is 0. The smallest absolute Gasteiger partial charge is 0.407 e. The lowest BCUT2D eigenvalue weighted by Crippen LogP contribution is -2.59. The van der Waals surface area contributed by atoms with Crippen molar-refractivity contribution in [3.05, 3.63) is 0 Å². The Bertz CT molecular complexity index is 283. The van der Waals surface area contributed by atoms with Gasteiger partial charge in [-0.1, -0.05) is 0 Å². The first kappa shape index (κ1) is 11.6. The summed E-state index contributed by atoms with van der Waals surface area (Å²) in [5.41, 5.74) is 0.0537. The normalized spacial score (nSPS) is 42.5. The summed E-state index contributed by atoms with van der Waals surface area (Å²) >= 11 is 5.52. The minimum Gasteiger partial charge on any atom is -0.448 e. The number of carbonyl (C=O) groups is 1. The number of carbonyl (C=O) groups excluding carboxylic acids is 1. The molecule has 4 aliphatic rings. The predicted octanol–water partition coefficient (Wildman–Crippen LogP) is 2.92. The van der Waals surface area contributed by atoms with Crippen LogP contribution in [0.15, 0.2) is 0 Å². The number of alkyl halides is 1. The Morgan fingerprint density at radius 3 is 2.18 bits per heavy atom. The molecule has 4 heteroatoms. The number of amides is 1. The van der Waals surface area contributed by atoms with Crippen molar-refractivity contribution in [1.82, 2.24) is 5.32 Å². The Morgan fingerprint density at radius 2 is 1.71 bits per heavy atom. The van der Waals surface area contributed by atoms with Crippen LogP contribution in [0.5, 0.6) is 0 Å². The van der Waals surface area contributed by atoms with Gasteiger partial charge in [-0.2, -0.15) is 0 Å². The monoisotopic (exact) mass is 257 g/mol. The van der Waals surface area contributed by atoms with Crippen LogP contribution in [0.2, 0.25) is 0 Å². The van der Waals surface area contributed by atoms with E-state index in [2.05, 4.69) is 5.32 Å². The van der Waals surface area contributed by atoms with Gasteiger partial charge in [-0.25, -0.2) is 4.79 Å². The molecule has 0 radical (unpaired) electrons. The van der Waals surface area contributed by atoms with E-state index in [1.54, 1.807) is 0 Å². The molecule has 17 heavy (non-hydrogen) atoms. The molecule has 4 rings (SSSR count). The van der Waals surface area contributed by atoms with Crippen LogP contribution < -0.4 is 5.32 Å². The zero-order valence-electron chi connectivity index (χ0n) is 10.1. The van der Waals surface area contributed by atoms with E-state index in [4.69, 9.17) is 16.3 Å². The Balaban J connectivity index is 1.64. The van der Waals surface area contributed by atoms with Crippen molar-refractivity contribution in [3.8, 4) is 0 Å². The fraction of sp³-hybridized carbons (Fsp3) is 0.923. The van der Waals surface area contributed by atoms with Crippen molar-refractivity contribution < 1.29 is 9.53 Å². The van der Waals surface area contributed by atoms with Gasteiger partial charge in [0.25, 0.3) is 0 Å². The molecule has 4 fully saturated rings. The largest absolute Gasteiger partial charge is 0.448 e. The van der Waals surface area contributed by atoms with Gasteiger partial charge in [0.05, 0.1) is 5.88 Å². The van der Waals surface area contributed by atoms with Crippen LogP contribution in [-0.4, -0.2) is 24.1 Å². The number of ether oxygens (including phenoxy) is 1. The van der Waals surface area contributed by atoms with Crippen LogP contribution in [0.1, 0.15) is 38.5 Å². The molecule has 1 amide bonds. The highest BCUT2D eigenvalue weighted by Crippen LogP contribution is 2.55. The van der Waals surface area contributed by atoms with Crippen LogP contribution >= 0.6 is 11.6 Å². The van der Waals surface area contributed by atoms with E-state index in [0.717, 1.165) is 37.0 Å². The van der Waals surface area contributed by atoms with Crippen molar-refractivity contribution in [3.63, 3.8) is 0 Å². The third kappa shape index (κ3) is 2.26. The summed E-state index contributed by atoms with van der Waals surface area (Å²) in [6, 6.07) is 0. The lowest BCUT2D eigenvalue weighted by molar-refractivity contribution is -0.0187. The number of halogens is 1. The maximum Gasteiger partial charge on any atom is 0.407 e. The number of hydrogen-bond acceptors (Lipinski definition) is 2. The highest BCUT2D eigenvalue weighted by Gasteiger charge is 2.51. The van der Waals surface area contributed by atoms with Gasteiger partial charge in [-0.15, -0.1) is 11.6 Å². The van der Waals surface area contributed by atoms with Gasteiger partial charge >= 0.3 is 6.09 Å². The minimum atomic E-state index is -0.271. The summed E-state index contributed by atoms with van der Waals surface area (Å²) in [6.45, 7) is 0.305. The van der Waals surface area contributed by atoms with E-state index in [-0.39, 0.29) is 11.6 Å². The van der Waals surface area contributed by atoms with E-state index in [1.165, 1.54) is 19.3 Å². The molecule has 4 bridgehead atoms. The predicted molar refractivity (Wildman–Crippen MR) is 66.1 cm³/mol. The van der Waals surface area contributed by atoms with Gasteiger partial charge in [0.15, 0.2) is 0 Å². The maximum absolute atomic E-state index is 11.7. The molecule has 0 aliphatic heterocycles. The van der Waals surface area contributed by atoms with E-state index in [9.17, 15) is 4.79 Å². The van der Waals surface area contributed by atoms with Gasteiger partial charge in [-0.3, -0.25) is 0 Å². The third-order valence-corrected chi connectivity index (χ3v) is 4.87. The molecule has 3 nitrogen and oxygen atoms in total. The molecule has 0 aromatic carbocycles. The van der Waals surface area contributed by atoms with Crippen molar-refractivity contribution in [2.75, 3.05) is 12.5 Å². The lowest BCUT2D eigenvalue weighted by atomic mass is 9.53. The Hall–Kier alpha value is -0.440. The number of nitrogens with one attached hydrogen (secondary N) is 1. The van der Waals surface area contributed by atoms with Crippen LogP contribution in [0.3, 0.4) is 0 Å². The highest BCUT2D eigenvalue weighted by molar-refractivity contribution is 6.18. The summed E-state index contributed by atoms with van der Waals surface area (Å²) in [5, 5.41) is 3.14. The fourth-order valence-corrected chi connectivity index (χ4v) is 4.72. The molecule has 0 unspecified atom stereocenters. The number of alkyl carbamates (subject to hydrolysis) is 1. The molecule has 1 N–H and O–H groups in total. The number of hydrogen-bond donors (Lipinski definition) is 1. The highest BCUT2D eigenvalue weighted by atomic mass is 35.5. The first-order valence-electron chi connectivity index (χ1n) is 6.70. The minimum absolute atomic E-state index is 0.0537. The molecule has 4 aliphatic carbocycles.